The van der Waals surface area contributed by atoms with Gasteiger partial charge in [-0.3, -0.25) is 4.79 Å². The van der Waals surface area contributed by atoms with Crippen molar-refractivity contribution < 1.29 is 18.1 Å². The zero-order valence-corrected chi connectivity index (χ0v) is 17.5. The standard InChI is InChI=1S/C20H23BrN2O3S/c21-18-6-8-19(9-7-18)27(25,26)15-10-20(24)23-13-11-22(12-14-23)16-17-4-2-1-3-5-17/h1-9H,10-16H2/p+1. The normalized spacial score (nSPS) is 15.7. The topological polar surface area (TPSA) is 58.9 Å². The van der Waals surface area contributed by atoms with Gasteiger partial charge in [0, 0.05) is 16.5 Å². The Morgan fingerprint density at radius 2 is 1.63 bits per heavy atom. The van der Waals surface area contributed by atoms with Crippen LogP contribution in [0, 0.1) is 0 Å². The van der Waals surface area contributed by atoms with E-state index in [-0.39, 0.29) is 23.0 Å². The lowest BCUT2D eigenvalue weighted by molar-refractivity contribution is -0.917. The number of amides is 1. The highest BCUT2D eigenvalue weighted by molar-refractivity contribution is 9.10. The predicted octanol–water partition coefficient (Wildman–Crippen LogP) is 1.54. The SMILES string of the molecule is O=C(CCS(=O)(=O)c1ccc(Br)cc1)N1CC[NH+](Cc2ccccc2)CC1. The van der Waals surface area contributed by atoms with E-state index in [9.17, 15) is 13.2 Å². The maximum atomic E-state index is 12.4. The predicted molar refractivity (Wildman–Crippen MR) is 108 cm³/mol. The first-order valence-corrected chi connectivity index (χ1v) is 11.5. The van der Waals surface area contributed by atoms with Gasteiger partial charge in [0.15, 0.2) is 9.84 Å². The summed E-state index contributed by atoms with van der Waals surface area (Å²) < 4.78 is 25.6. The Bertz CT molecular complexity index is 862. The highest BCUT2D eigenvalue weighted by Gasteiger charge is 2.25. The fourth-order valence-electron chi connectivity index (χ4n) is 3.27. The highest BCUT2D eigenvalue weighted by atomic mass is 79.9. The number of carbonyl (C=O) groups is 1. The minimum atomic E-state index is -3.44. The van der Waals surface area contributed by atoms with Crippen molar-refractivity contribution in [3.63, 3.8) is 0 Å². The van der Waals surface area contributed by atoms with E-state index in [1.165, 1.54) is 10.5 Å². The maximum Gasteiger partial charge on any atom is 0.224 e. The number of nitrogens with one attached hydrogen (secondary N) is 1. The zero-order chi connectivity index (χ0) is 19.3. The molecule has 1 aliphatic rings. The van der Waals surface area contributed by atoms with Gasteiger partial charge in [0.05, 0.1) is 36.8 Å². The molecule has 2 aromatic carbocycles. The molecule has 144 valence electrons. The summed E-state index contributed by atoms with van der Waals surface area (Å²) in [7, 11) is -3.44. The van der Waals surface area contributed by atoms with Crippen LogP contribution in [0.3, 0.4) is 0 Å². The molecule has 0 radical (unpaired) electrons. The smallest absolute Gasteiger partial charge is 0.224 e. The number of hydrogen-bond acceptors (Lipinski definition) is 3. The van der Waals surface area contributed by atoms with Crippen molar-refractivity contribution in [1.82, 2.24) is 4.90 Å². The number of quaternary nitrogens is 1. The van der Waals surface area contributed by atoms with Crippen molar-refractivity contribution in [1.29, 1.82) is 0 Å². The Morgan fingerprint density at radius 1 is 1.00 bits per heavy atom. The van der Waals surface area contributed by atoms with Crippen LogP contribution in [0.2, 0.25) is 0 Å². The van der Waals surface area contributed by atoms with Gasteiger partial charge in [-0.15, -0.1) is 0 Å². The summed E-state index contributed by atoms with van der Waals surface area (Å²) in [6.45, 7) is 4.10. The minimum absolute atomic E-state index is 0.0341. The van der Waals surface area contributed by atoms with Gasteiger partial charge < -0.3 is 9.80 Å². The van der Waals surface area contributed by atoms with Gasteiger partial charge in [0.2, 0.25) is 5.91 Å². The van der Waals surface area contributed by atoms with Crippen molar-refractivity contribution in [2.45, 2.75) is 17.9 Å². The van der Waals surface area contributed by atoms with Crippen molar-refractivity contribution in [2.75, 3.05) is 31.9 Å². The summed E-state index contributed by atoms with van der Waals surface area (Å²) in [5, 5.41) is 0. The van der Waals surface area contributed by atoms with Gasteiger partial charge in [0.25, 0.3) is 0 Å². The van der Waals surface area contributed by atoms with E-state index in [0.717, 1.165) is 24.1 Å². The first-order chi connectivity index (χ1) is 12.9. The largest absolute Gasteiger partial charge is 0.331 e. The van der Waals surface area contributed by atoms with E-state index >= 15 is 0 Å². The van der Waals surface area contributed by atoms with E-state index in [1.807, 2.05) is 18.2 Å². The Hall–Kier alpha value is -1.70. The molecule has 2 aromatic rings. The molecule has 1 saturated heterocycles. The second kappa shape index (κ2) is 8.99. The fraction of sp³-hybridized carbons (Fsp3) is 0.350. The third-order valence-electron chi connectivity index (χ3n) is 4.88. The van der Waals surface area contributed by atoms with Crippen LogP contribution in [-0.4, -0.2) is 51.2 Å². The second-order valence-corrected chi connectivity index (χ2v) is 9.84. The third-order valence-corrected chi connectivity index (χ3v) is 7.14. The van der Waals surface area contributed by atoms with Crippen LogP contribution in [-0.2, 0) is 21.2 Å². The van der Waals surface area contributed by atoms with E-state index in [0.29, 0.717) is 13.1 Å². The van der Waals surface area contributed by atoms with E-state index in [4.69, 9.17) is 0 Å². The van der Waals surface area contributed by atoms with Crippen LogP contribution in [0.15, 0.2) is 64.0 Å². The summed E-state index contributed by atoms with van der Waals surface area (Å²) in [6, 6.07) is 16.9. The van der Waals surface area contributed by atoms with Gasteiger partial charge in [-0.25, -0.2) is 8.42 Å². The van der Waals surface area contributed by atoms with Crippen LogP contribution < -0.4 is 4.90 Å². The molecule has 3 rings (SSSR count). The second-order valence-electron chi connectivity index (χ2n) is 6.82. The molecule has 1 N–H and O–H groups in total. The average molecular weight is 452 g/mol. The highest BCUT2D eigenvalue weighted by Crippen LogP contribution is 2.16. The van der Waals surface area contributed by atoms with Gasteiger partial charge in [-0.1, -0.05) is 46.3 Å². The minimum Gasteiger partial charge on any atom is -0.331 e. The van der Waals surface area contributed by atoms with Crippen molar-refractivity contribution in [2.24, 2.45) is 0 Å². The Balaban J connectivity index is 1.47. The molecule has 0 unspecified atom stereocenters. The molecule has 1 aliphatic heterocycles. The third kappa shape index (κ3) is 5.64. The van der Waals surface area contributed by atoms with E-state index < -0.39 is 9.84 Å². The molecule has 5 nitrogen and oxygen atoms in total. The molecule has 1 heterocycles. The Kier molecular flexibility index (Phi) is 6.68. The molecule has 27 heavy (non-hydrogen) atoms. The zero-order valence-electron chi connectivity index (χ0n) is 15.1. The molecule has 1 amide bonds. The number of hydrogen-bond donors (Lipinski definition) is 1. The molecule has 0 saturated carbocycles. The number of rotatable bonds is 6. The lowest BCUT2D eigenvalue weighted by Gasteiger charge is -2.32. The fourth-order valence-corrected chi connectivity index (χ4v) is 4.77. The van der Waals surface area contributed by atoms with E-state index in [2.05, 4.69) is 28.1 Å². The number of halogens is 1. The number of benzene rings is 2. The molecule has 0 atom stereocenters. The maximum absolute atomic E-state index is 12.4. The molecule has 7 heteroatoms. The monoisotopic (exact) mass is 451 g/mol. The number of nitrogens with zero attached hydrogens (tertiary/aromatic N) is 1. The van der Waals surface area contributed by atoms with Crippen LogP contribution >= 0.6 is 15.9 Å². The molecule has 1 fully saturated rings. The molecular weight excluding hydrogens is 428 g/mol. The lowest BCUT2D eigenvalue weighted by atomic mass is 10.2. The van der Waals surface area contributed by atoms with Gasteiger partial charge in [-0.05, 0) is 24.3 Å². The molecule has 0 bridgehead atoms. The van der Waals surface area contributed by atoms with Crippen molar-refractivity contribution in [3.05, 3.63) is 64.6 Å². The lowest BCUT2D eigenvalue weighted by Crippen LogP contribution is -3.13. The Morgan fingerprint density at radius 3 is 2.26 bits per heavy atom. The molecule has 0 aromatic heterocycles. The summed E-state index contributed by atoms with van der Waals surface area (Å²) in [5.74, 6) is -0.223. The number of carbonyl (C=O) groups excluding carboxylic acids is 1. The first kappa shape index (κ1) is 20.0. The van der Waals surface area contributed by atoms with E-state index in [1.54, 1.807) is 29.2 Å². The number of sulfone groups is 1. The van der Waals surface area contributed by atoms with Crippen molar-refractivity contribution >= 4 is 31.7 Å². The average Bonchev–Trinajstić information content (AvgIpc) is 2.68. The van der Waals surface area contributed by atoms with Gasteiger partial charge >= 0.3 is 0 Å². The van der Waals surface area contributed by atoms with Gasteiger partial charge in [0.1, 0.15) is 6.54 Å². The van der Waals surface area contributed by atoms with Crippen molar-refractivity contribution in [3.8, 4) is 0 Å². The van der Waals surface area contributed by atoms with Crippen LogP contribution in [0.4, 0.5) is 0 Å². The summed E-state index contributed by atoms with van der Waals surface area (Å²) in [4.78, 5) is 15.9. The Labute approximate surface area is 169 Å². The summed E-state index contributed by atoms with van der Waals surface area (Å²) in [5.41, 5.74) is 1.30. The first-order valence-electron chi connectivity index (χ1n) is 9.08. The summed E-state index contributed by atoms with van der Waals surface area (Å²) in [6.07, 6.45) is 0.0341. The van der Waals surface area contributed by atoms with Crippen LogP contribution in [0.25, 0.3) is 0 Å². The molecular formula is C20H24BrN2O3S+. The molecule has 0 spiro atoms. The number of piperazine rings is 1. The van der Waals surface area contributed by atoms with Crippen LogP contribution in [0.1, 0.15) is 12.0 Å². The quantitative estimate of drug-likeness (QED) is 0.724. The van der Waals surface area contributed by atoms with Crippen LogP contribution in [0.5, 0.6) is 0 Å². The summed E-state index contributed by atoms with van der Waals surface area (Å²) >= 11 is 3.29. The van der Waals surface area contributed by atoms with Gasteiger partial charge in [-0.2, -0.15) is 0 Å². The molecule has 0 aliphatic carbocycles.